The zero-order chi connectivity index (χ0) is 20.0. The molecule has 5 fully saturated rings. The van der Waals surface area contributed by atoms with E-state index in [-0.39, 0.29) is 30.0 Å². The molecule has 1 amide bonds. The summed E-state index contributed by atoms with van der Waals surface area (Å²) in [5, 5.41) is 6.81. The summed E-state index contributed by atoms with van der Waals surface area (Å²) in [6.07, 6.45) is 6.37. The maximum absolute atomic E-state index is 14.4. The summed E-state index contributed by atoms with van der Waals surface area (Å²) in [7, 11) is 0. The molecule has 29 heavy (non-hydrogen) atoms. The maximum atomic E-state index is 14.4. The highest BCUT2D eigenvalue weighted by Gasteiger charge is 2.46. The Morgan fingerprint density at radius 1 is 1.10 bits per heavy atom. The lowest BCUT2D eigenvalue weighted by atomic mass is 9.77. The van der Waals surface area contributed by atoms with Crippen molar-refractivity contribution in [3.05, 3.63) is 0 Å². The van der Waals surface area contributed by atoms with E-state index in [1.807, 2.05) is 0 Å². The van der Waals surface area contributed by atoms with Crippen LogP contribution in [0.1, 0.15) is 51.9 Å². The van der Waals surface area contributed by atoms with Crippen molar-refractivity contribution in [2.24, 2.45) is 11.8 Å². The molecule has 0 aromatic heterocycles. The molecule has 2 saturated carbocycles. The van der Waals surface area contributed by atoms with Gasteiger partial charge in [0, 0.05) is 43.7 Å². The van der Waals surface area contributed by atoms with Crippen LogP contribution in [0, 0.1) is 11.8 Å². The SMILES string of the molecule is CC1CCC(F)C2CC(C(=O)NC3CCCC(N4CCN5CNNC5C4)C3)NC12. The van der Waals surface area contributed by atoms with Gasteiger partial charge in [-0.3, -0.25) is 14.6 Å². The van der Waals surface area contributed by atoms with E-state index in [2.05, 4.69) is 38.2 Å². The van der Waals surface area contributed by atoms with E-state index in [0.29, 0.717) is 31.0 Å². The van der Waals surface area contributed by atoms with E-state index in [1.54, 1.807) is 0 Å². The van der Waals surface area contributed by atoms with Crippen LogP contribution in [0.4, 0.5) is 4.39 Å². The highest BCUT2D eigenvalue weighted by atomic mass is 19.1. The average Bonchev–Trinajstić information content (AvgIpc) is 3.38. The van der Waals surface area contributed by atoms with Gasteiger partial charge in [0.1, 0.15) is 6.17 Å². The van der Waals surface area contributed by atoms with Gasteiger partial charge in [-0.2, -0.15) is 0 Å². The van der Waals surface area contributed by atoms with Crippen LogP contribution in [0.5, 0.6) is 0 Å². The summed E-state index contributed by atoms with van der Waals surface area (Å²) in [5.41, 5.74) is 6.60. The Hall–Kier alpha value is -0.800. The first-order valence-electron chi connectivity index (χ1n) is 11.8. The van der Waals surface area contributed by atoms with Crippen molar-refractivity contribution in [3.63, 3.8) is 0 Å². The number of carbonyl (C=O) groups is 1. The summed E-state index contributed by atoms with van der Waals surface area (Å²) in [5.74, 6) is 0.564. The van der Waals surface area contributed by atoms with Gasteiger partial charge in [-0.1, -0.05) is 6.92 Å². The maximum Gasteiger partial charge on any atom is 0.237 e. The van der Waals surface area contributed by atoms with Gasteiger partial charge in [-0.05, 0) is 50.9 Å². The summed E-state index contributed by atoms with van der Waals surface area (Å²) in [6.45, 7) is 6.36. The van der Waals surface area contributed by atoms with Crippen molar-refractivity contribution in [3.8, 4) is 0 Å². The normalized spacial score (nSPS) is 46.3. The number of hydrogen-bond acceptors (Lipinski definition) is 6. The van der Waals surface area contributed by atoms with E-state index in [4.69, 9.17) is 0 Å². The monoisotopic (exact) mass is 408 g/mol. The second kappa shape index (κ2) is 8.38. The highest BCUT2D eigenvalue weighted by molar-refractivity contribution is 5.82. The molecule has 8 heteroatoms. The molecule has 3 heterocycles. The van der Waals surface area contributed by atoms with E-state index < -0.39 is 6.17 Å². The Morgan fingerprint density at radius 3 is 2.83 bits per heavy atom. The number of amides is 1. The molecule has 7 nitrogen and oxygen atoms in total. The fourth-order valence-electron chi connectivity index (χ4n) is 6.49. The first kappa shape index (κ1) is 20.1. The standard InChI is InChI=1S/C21H37FN6O/c1-13-5-6-17(22)16-10-18(25-20(13)16)21(29)24-14-3-2-4-15(9-14)27-7-8-28-12-23-26-19(28)11-27/h13-20,23,25-26H,2-12H2,1H3,(H,24,29). The molecule has 0 aromatic carbocycles. The quantitative estimate of drug-likeness (QED) is 0.546. The summed E-state index contributed by atoms with van der Waals surface area (Å²) < 4.78 is 14.4. The molecule has 4 N–H and O–H groups in total. The van der Waals surface area contributed by atoms with Crippen LogP contribution >= 0.6 is 0 Å². The number of carbonyl (C=O) groups excluding carboxylic acids is 1. The fraction of sp³-hybridized carbons (Fsp3) is 0.952. The molecule has 5 rings (SSSR count). The summed E-state index contributed by atoms with van der Waals surface area (Å²) in [6, 6.07) is 0.740. The number of hydrogen-bond donors (Lipinski definition) is 4. The van der Waals surface area contributed by atoms with Gasteiger partial charge in [0.25, 0.3) is 0 Å². The topological polar surface area (TPSA) is 71.7 Å². The number of piperazine rings is 1. The first-order valence-corrected chi connectivity index (χ1v) is 11.8. The highest BCUT2D eigenvalue weighted by Crippen LogP contribution is 2.38. The lowest BCUT2D eigenvalue weighted by Gasteiger charge is -2.43. The molecule has 3 aliphatic heterocycles. The summed E-state index contributed by atoms with van der Waals surface area (Å²) in [4.78, 5) is 18.0. The van der Waals surface area contributed by atoms with Gasteiger partial charge in [0.2, 0.25) is 5.91 Å². The van der Waals surface area contributed by atoms with Gasteiger partial charge >= 0.3 is 0 Å². The van der Waals surface area contributed by atoms with Crippen LogP contribution in [-0.2, 0) is 4.79 Å². The molecule has 2 aliphatic carbocycles. The number of rotatable bonds is 3. The van der Waals surface area contributed by atoms with Crippen molar-refractivity contribution in [2.75, 3.05) is 26.3 Å². The first-order chi connectivity index (χ1) is 14.1. The van der Waals surface area contributed by atoms with Crippen molar-refractivity contribution in [1.29, 1.82) is 0 Å². The van der Waals surface area contributed by atoms with Crippen molar-refractivity contribution in [1.82, 2.24) is 31.3 Å². The molecule has 0 radical (unpaired) electrons. The van der Waals surface area contributed by atoms with Gasteiger partial charge in [0.15, 0.2) is 0 Å². The number of alkyl halides is 1. The largest absolute Gasteiger partial charge is 0.352 e. The zero-order valence-electron chi connectivity index (χ0n) is 17.6. The molecule has 0 aromatic rings. The Morgan fingerprint density at radius 2 is 1.97 bits per heavy atom. The molecule has 3 saturated heterocycles. The minimum atomic E-state index is -0.752. The minimum absolute atomic E-state index is 0.0115. The molecular formula is C21H37FN6O. The zero-order valence-corrected chi connectivity index (χ0v) is 17.6. The predicted molar refractivity (Wildman–Crippen MR) is 110 cm³/mol. The van der Waals surface area contributed by atoms with Crippen molar-refractivity contribution < 1.29 is 9.18 Å². The van der Waals surface area contributed by atoms with Gasteiger partial charge in [-0.25, -0.2) is 15.2 Å². The van der Waals surface area contributed by atoms with E-state index >= 15 is 0 Å². The van der Waals surface area contributed by atoms with Crippen LogP contribution in [-0.4, -0.2) is 78.5 Å². The lowest BCUT2D eigenvalue weighted by Crippen LogP contribution is -2.58. The van der Waals surface area contributed by atoms with Gasteiger partial charge < -0.3 is 10.6 Å². The Bertz CT molecular complexity index is 590. The smallest absolute Gasteiger partial charge is 0.237 e. The molecule has 0 spiro atoms. The minimum Gasteiger partial charge on any atom is -0.352 e. The van der Waals surface area contributed by atoms with Crippen molar-refractivity contribution >= 4 is 5.91 Å². The van der Waals surface area contributed by atoms with Crippen LogP contribution < -0.4 is 21.5 Å². The Balaban J connectivity index is 1.14. The number of nitrogens with zero attached hydrogens (tertiary/aromatic N) is 2. The van der Waals surface area contributed by atoms with Crippen LogP contribution in [0.2, 0.25) is 0 Å². The second-order valence-electron chi connectivity index (χ2n) is 10.0. The van der Waals surface area contributed by atoms with Crippen molar-refractivity contribution in [2.45, 2.75) is 88.4 Å². The number of hydrazine groups is 1. The predicted octanol–water partition coefficient (Wildman–Crippen LogP) is 0.538. The van der Waals surface area contributed by atoms with Gasteiger partial charge in [0.05, 0.1) is 18.9 Å². The van der Waals surface area contributed by atoms with E-state index in [0.717, 1.165) is 45.6 Å². The lowest BCUT2D eigenvalue weighted by molar-refractivity contribution is -0.124. The van der Waals surface area contributed by atoms with Crippen LogP contribution in [0.15, 0.2) is 0 Å². The number of nitrogens with one attached hydrogen (secondary N) is 4. The molecule has 8 unspecified atom stereocenters. The molecular weight excluding hydrogens is 371 g/mol. The third-order valence-electron chi connectivity index (χ3n) is 8.24. The molecule has 5 aliphatic rings. The third kappa shape index (κ3) is 4.06. The van der Waals surface area contributed by atoms with Crippen LogP contribution in [0.25, 0.3) is 0 Å². The number of fused-ring (bicyclic) bond motifs is 2. The second-order valence-corrected chi connectivity index (χ2v) is 10.0. The Kier molecular flexibility index (Phi) is 5.82. The van der Waals surface area contributed by atoms with Crippen LogP contribution in [0.3, 0.4) is 0 Å². The Labute approximate surface area is 173 Å². The molecule has 164 valence electrons. The summed E-state index contributed by atoms with van der Waals surface area (Å²) >= 11 is 0. The third-order valence-corrected chi connectivity index (χ3v) is 8.24. The van der Waals surface area contributed by atoms with E-state index in [1.165, 1.54) is 12.8 Å². The van der Waals surface area contributed by atoms with E-state index in [9.17, 15) is 9.18 Å². The van der Waals surface area contributed by atoms with Gasteiger partial charge in [-0.15, -0.1) is 0 Å². The average molecular weight is 409 g/mol. The molecule has 0 bridgehead atoms. The fourth-order valence-corrected chi connectivity index (χ4v) is 6.49. The molecule has 8 atom stereocenters. The number of halogens is 1.